The van der Waals surface area contributed by atoms with Gasteiger partial charge in [0.2, 0.25) is 0 Å². The molecule has 0 unspecified atom stereocenters. The Bertz CT molecular complexity index is 980. The van der Waals surface area contributed by atoms with Gasteiger partial charge in [-0.05, 0) is 54.9 Å². The van der Waals surface area contributed by atoms with E-state index >= 15 is 0 Å². The van der Waals surface area contributed by atoms with Crippen LogP contribution >= 0.6 is 11.3 Å². The van der Waals surface area contributed by atoms with Crippen LogP contribution in [0.25, 0.3) is 0 Å². The Morgan fingerprint density at radius 2 is 1.97 bits per heavy atom. The van der Waals surface area contributed by atoms with Gasteiger partial charge in [-0.1, -0.05) is 26.0 Å². The van der Waals surface area contributed by atoms with Crippen LogP contribution < -0.4 is 15.8 Å². The third-order valence-electron chi connectivity index (χ3n) is 4.92. The molecule has 0 radical (unpaired) electrons. The van der Waals surface area contributed by atoms with E-state index in [9.17, 15) is 14.4 Å². The molecule has 160 valence electrons. The Labute approximate surface area is 179 Å². The molecule has 0 atom stereocenters. The predicted molar refractivity (Wildman–Crippen MR) is 115 cm³/mol. The van der Waals surface area contributed by atoms with Crippen LogP contribution in [-0.2, 0) is 27.2 Å². The highest BCUT2D eigenvalue weighted by atomic mass is 32.1. The summed E-state index contributed by atoms with van der Waals surface area (Å²) in [4.78, 5) is 37.1. The number of hydrogen-bond acceptors (Lipinski definition) is 6. The molecule has 1 heterocycles. The largest absolute Gasteiger partial charge is 0.482 e. The summed E-state index contributed by atoms with van der Waals surface area (Å²) in [6.45, 7) is 5.27. The van der Waals surface area contributed by atoms with E-state index in [1.807, 2.05) is 39.0 Å². The molecule has 30 heavy (non-hydrogen) atoms. The first-order valence-corrected chi connectivity index (χ1v) is 10.7. The Morgan fingerprint density at radius 3 is 2.67 bits per heavy atom. The van der Waals surface area contributed by atoms with Gasteiger partial charge in [-0.25, -0.2) is 4.79 Å². The van der Waals surface area contributed by atoms with Crippen LogP contribution in [0.4, 0.5) is 5.00 Å². The minimum atomic E-state index is -0.648. The molecular formula is C22H26N2O5S. The molecule has 0 bridgehead atoms. The molecule has 0 fully saturated rings. The summed E-state index contributed by atoms with van der Waals surface area (Å²) in [5.41, 5.74) is 8.80. The lowest BCUT2D eigenvalue weighted by Crippen LogP contribution is -2.24. The summed E-state index contributed by atoms with van der Waals surface area (Å²) in [6.07, 6.45) is 2.64. The van der Waals surface area contributed by atoms with Crippen molar-refractivity contribution in [1.82, 2.24) is 0 Å². The molecular weight excluding hydrogens is 404 g/mol. The maximum Gasteiger partial charge on any atom is 0.344 e. The fraction of sp³-hybridized carbons (Fsp3) is 0.409. The minimum absolute atomic E-state index is 0.245. The molecule has 1 aromatic carbocycles. The first-order chi connectivity index (χ1) is 14.3. The van der Waals surface area contributed by atoms with Crippen molar-refractivity contribution in [3.05, 3.63) is 45.3 Å². The van der Waals surface area contributed by atoms with Gasteiger partial charge in [0.1, 0.15) is 10.8 Å². The Kier molecular flexibility index (Phi) is 6.77. The Morgan fingerprint density at radius 1 is 1.20 bits per heavy atom. The second kappa shape index (κ2) is 9.30. The van der Waals surface area contributed by atoms with Crippen molar-refractivity contribution in [3.63, 3.8) is 0 Å². The number of esters is 1. The van der Waals surface area contributed by atoms with Crippen LogP contribution in [0.1, 0.15) is 58.1 Å². The zero-order chi connectivity index (χ0) is 21.8. The standard InChI is InChI=1S/C22H26N2O5S/c1-12(2)14-8-7-13(3)9-16(14)28-11-19(26)29-10-18(25)24-22-20(21(23)27)15-5-4-6-17(15)30-22/h7-9,12H,4-6,10-11H2,1-3H3,(H2,23,27)(H,24,25). The second-order valence-electron chi connectivity index (χ2n) is 7.62. The van der Waals surface area contributed by atoms with Crippen LogP contribution in [0.5, 0.6) is 5.75 Å². The number of rotatable bonds is 8. The average Bonchev–Trinajstić information content (AvgIpc) is 3.24. The van der Waals surface area contributed by atoms with Crippen molar-refractivity contribution in [2.24, 2.45) is 5.73 Å². The Hall–Kier alpha value is -2.87. The zero-order valence-electron chi connectivity index (χ0n) is 17.4. The SMILES string of the molecule is Cc1ccc(C(C)C)c(OCC(=O)OCC(=O)Nc2sc3c(c2C(N)=O)CCC3)c1. The predicted octanol–water partition coefficient (Wildman–Crippen LogP) is 3.33. The first kappa shape index (κ1) is 21.8. The van der Waals surface area contributed by atoms with Crippen LogP contribution in [0.2, 0.25) is 0 Å². The number of carbonyl (C=O) groups is 3. The molecule has 3 rings (SSSR count). The monoisotopic (exact) mass is 430 g/mol. The van der Waals surface area contributed by atoms with Gasteiger partial charge in [0.15, 0.2) is 13.2 Å². The maximum absolute atomic E-state index is 12.2. The molecule has 7 nitrogen and oxygen atoms in total. The van der Waals surface area contributed by atoms with Gasteiger partial charge in [-0.2, -0.15) is 0 Å². The smallest absolute Gasteiger partial charge is 0.344 e. The molecule has 2 amide bonds. The second-order valence-corrected chi connectivity index (χ2v) is 8.72. The van der Waals surface area contributed by atoms with Crippen LogP contribution in [-0.4, -0.2) is 31.0 Å². The molecule has 1 aliphatic carbocycles. The number of amides is 2. The number of aryl methyl sites for hydroxylation is 2. The van der Waals surface area contributed by atoms with Gasteiger partial charge in [0, 0.05) is 4.88 Å². The summed E-state index contributed by atoms with van der Waals surface area (Å²) in [6, 6.07) is 5.84. The average molecular weight is 431 g/mol. The van der Waals surface area contributed by atoms with Crippen LogP contribution in [0, 0.1) is 6.92 Å². The zero-order valence-corrected chi connectivity index (χ0v) is 18.2. The molecule has 0 saturated heterocycles. The normalized spacial score (nSPS) is 12.5. The van der Waals surface area contributed by atoms with Gasteiger partial charge in [-0.15, -0.1) is 11.3 Å². The molecule has 2 aromatic rings. The lowest BCUT2D eigenvalue weighted by atomic mass is 10.0. The van der Waals surface area contributed by atoms with E-state index in [1.54, 1.807) is 0 Å². The molecule has 0 spiro atoms. The van der Waals surface area contributed by atoms with Gasteiger partial charge in [0.05, 0.1) is 5.56 Å². The highest BCUT2D eigenvalue weighted by Gasteiger charge is 2.26. The van der Waals surface area contributed by atoms with E-state index in [0.29, 0.717) is 16.3 Å². The van der Waals surface area contributed by atoms with Crippen LogP contribution in [0.3, 0.4) is 0 Å². The van der Waals surface area contributed by atoms with Crippen molar-refractivity contribution in [2.45, 2.75) is 46.0 Å². The van der Waals surface area contributed by atoms with Crippen molar-refractivity contribution in [1.29, 1.82) is 0 Å². The number of nitrogens with one attached hydrogen (secondary N) is 1. The number of ether oxygens (including phenoxy) is 2. The summed E-state index contributed by atoms with van der Waals surface area (Å²) in [5.74, 6) is -0.858. The Balaban J connectivity index is 1.53. The summed E-state index contributed by atoms with van der Waals surface area (Å²) >= 11 is 1.35. The van der Waals surface area contributed by atoms with Crippen molar-refractivity contribution < 1.29 is 23.9 Å². The van der Waals surface area contributed by atoms with Gasteiger partial charge in [-0.3, -0.25) is 9.59 Å². The number of primary amides is 1. The molecule has 8 heteroatoms. The molecule has 1 aromatic heterocycles. The van der Waals surface area contributed by atoms with Crippen molar-refractivity contribution >= 4 is 34.1 Å². The summed E-state index contributed by atoms with van der Waals surface area (Å²) in [5, 5.41) is 3.06. The van der Waals surface area contributed by atoms with Crippen molar-refractivity contribution in [2.75, 3.05) is 18.5 Å². The van der Waals surface area contributed by atoms with E-state index in [-0.39, 0.29) is 12.5 Å². The summed E-state index contributed by atoms with van der Waals surface area (Å²) < 4.78 is 10.6. The van der Waals surface area contributed by atoms with E-state index in [2.05, 4.69) is 5.32 Å². The fourth-order valence-corrected chi connectivity index (χ4v) is 4.79. The highest BCUT2D eigenvalue weighted by Crippen LogP contribution is 2.38. The number of anilines is 1. The molecule has 1 aliphatic rings. The topological polar surface area (TPSA) is 108 Å². The lowest BCUT2D eigenvalue weighted by molar-refractivity contribution is -0.149. The third-order valence-corrected chi connectivity index (χ3v) is 6.13. The number of hydrogen-bond donors (Lipinski definition) is 2. The van der Waals surface area contributed by atoms with Crippen molar-refractivity contribution in [3.8, 4) is 5.75 Å². The molecule has 3 N–H and O–H groups in total. The minimum Gasteiger partial charge on any atom is -0.482 e. The number of fused-ring (bicyclic) bond motifs is 1. The number of carbonyl (C=O) groups excluding carboxylic acids is 3. The summed E-state index contributed by atoms with van der Waals surface area (Å²) in [7, 11) is 0. The van der Waals surface area contributed by atoms with Gasteiger partial charge >= 0.3 is 5.97 Å². The molecule has 0 saturated carbocycles. The van der Waals surface area contributed by atoms with Gasteiger partial charge in [0.25, 0.3) is 11.8 Å². The fourth-order valence-electron chi connectivity index (χ4n) is 3.48. The number of benzene rings is 1. The lowest BCUT2D eigenvalue weighted by Gasteiger charge is -2.14. The number of thiophene rings is 1. The third kappa shape index (κ3) is 4.99. The van der Waals surface area contributed by atoms with E-state index in [0.717, 1.165) is 40.8 Å². The van der Waals surface area contributed by atoms with E-state index in [1.165, 1.54) is 11.3 Å². The van der Waals surface area contributed by atoms with Crippen LogP contribution in [0.15, 0.2) is 18.2 Å². The highest BCUT2D eigenvalue weighted by molar-refractivity contribution is 7.17. The van der Waals surface area contributed by atoms with Gasteiger partial charge < -0.3 is 20.5 Å². The first-order valence-electron chi connectivity index (χ1n) is 9.89. The van der Waals surface area contributed by atoms with E-state index in [4.69, 9.17) is 15.2 Å². The maximum atomic E-state index is 12.2. The molecule has 0 aliphatic heterocycles. The number of nitrogens with two attached hydrogens (primary N) is 1. The quantitative estimate of drug-likeness (QED) is 0.625. The van der Waals surface area contributed by atoms with E-state index < -0.39 is 24.4 Å².